The largest absolute Gasteiger partial charge is 0.374 e. The minimum Gasteiger partial charge on any atom is -0.374 e. The zero-order valence-corrected chi connectivity index (χ0v) is 12.7. The van der Waals surface area contributed by atoms with Gasteiger partial charge in [-0.2, -0.15) is 0 Å². The van der Waals surface area contributed by atoms with Crippen molar-refractivity contribution in [2.45, 2.75) is 31.3 Å². The highest BCUT2D eigenvalue weighted by Crippen LogP contribution is 2.32. The van der Waals surface area contributed by atoms with Crippen LogP contribution in [0.1, 0.15) is 29.9 Å². The molecule has 1 N–H and O–H groups in total. The van der Waals surface area contributed by atoms with Crippen LogP contribution in [0.15, 0.2) is 24.3 Å². The van der Waals surface area contributed by atoms with E-state index in [0.717, 1.165) is 39.0 Å². The SMILES string of the molecule is CN(CC1CNCCO1)C(=O)C1CCCc2ccccc21. The Morgan fingerprint density at radius 3 is 3.10 bits per heavy atom. The van der Waals surface area contributed by atoms with E-state index >= 15 is 0 Å². The molecule has 21 heavy (non-hydrogen) atoms. The van der Waals surface area contributed by atoms with Crippen LogP contribution in [0.5, 0.6) is 0 Å². The van der Waals surface area contributed by atoms with E-state index in [4.69, 9.17) is 4.74 Å². The van der Waals surface area contributed by atoms with E-state index in [9.17, 15) is 4.79 Å². The summed E-state index contributed by atoms with van der Waals surface area (Å²) < 4.78 is 5.70. The number of carbonyl (C=O) groups is 1. The second kappa shape index (κ2) is 6.58. The Hall–Kier alpha value is -1.39. The molecule has 0 saturated carbocycles. The Balaban J connectivity index is 1.67. The first-order chi connectivity index (χ1) is 10.3. The fourth-order valence-corrected chi connectivity index (χ4v) is 3.41. The topological polar surface area (TPSA) is 41.6 Å². The lowest BCUT2D eigenvalue weighted by atomic mass is 9.82. The number of ether oxygens (including phenoxy) is 1. The van der Waals surface area contributed by atoms with Gasteiger partial charge >= 0.3 is 0 Å². The number of aryl methyl sites for hydroxylation is 1. The summed E-state index contributed by atoms with van der Waals surface area (Å²) in [6, 6.07) is 8.38. The van der Waals surface area contributed by atoms with Crippen LogP contribution in [-0.4, -0.2) is 50.2 Å². The van der Waals surface area contributed by atoms with Crippen LogP contribution in [0, 0.1) is 0 Å². The van der Waals surface area contributed by atoms with Gasteiger partial charge in [0.25, 0.3) is 0 Å². The van der Waals surface area contributed by atoms with E-state index in [1.807, 2.05) is 18.0 Å². The maximum absolute atomic E-state index is 12.8. The molecule has 1 aliphatic heterocycles. The van der Waals surface area contributed by atoms with E-state index in [-0.39, 0.29) is 17.9 Å². The van der Waals surface area contributed by atoms with Crippen molar-refractivity contribution in [1.29, 1.82) is 0 Å². The Morgan fingerprint density at radius 2 is 2.29 bits per heavy atom. The van der Waals surface area contributed by atoms with Gasteiger partial charge in [-0.15, -0.1) is 0 Å². The number of hydrogen-bond acceptors (Lipinski definition) is 3. The predicted molar refractivity (Wildman–Crippen MR) is 82.4 cm³/mol. The fraction of sp³-hybridized carbons (Fsp3) is 0.588. The first kappa shape index (κ1) is 14.5. The summed E-state index contributed by atoms with van der Waals surface area (Å²) in [5.74, 6) is 0.257. The molecule has 0 spiro atoms. The number of nitrogens with one attached hydrogen (secondary N) is 1. The average molecular weight is 288 g/mol. The molecule has 114 valence electrons. The summed E-state index contributed by atoms with van der Waals surface area (Å²) in [5.41, 5.74) is 2.56. The summed E-state index contributed by atoms with van der Waals surface area (Å²) in [6.45, 7) is 3.15. The van der Waals surface area contributed by atoms with Gasteiger partial charge in [0.05, 0.1) is 18.6 Å². The summed E-state index contributed by atoms with van der Waals surface area (Å²) in [6.07, 6.45) is 3.28. The van der Waals surface area contributed by atoms with Crippen molar-refractivity contribution in [3.8, 4) is 0 Å². The number of morpholine rings is 1. The molecule has 3 rings (SSSR count). The molecule has 0 aromatic heterocycles. The predicted octanol–water partition coefficient (Wildman–Crippen LogP) is 1.55. The van der Waals surface area contributed by atoms with Gasteiger partial charge in [-0.05, 0) is 30.4 Å². The average Bonchev–Trinajstić information content (AvgIpc) is 2.54. The van der Waals surface area contributed by atoms with Gasteiger partial charge in [0.2, 0.25) is 5.91 Å². The Bertz CT molecular complexity index is 497. The lowest BCUT2D eigenvalue weighted by molar-refractivity contribution is -0.134. The smallest absolute Gasteiger partial charge is 0.229 e. The minimum absolute atomic E-state index is 0.0245. The van der Waals surface area contributed by atoms with E-state index in [1.165, 1.54) is 11.1 Å². The molecule has 2 unspecified atom stereocenters. The van der Waals surface area contributed by atoms with Crippen molar-refractivity contribution in [2.24, 2.45) is 0 Å². The number of likely N-dealkylation sites (N-methyl/N-ethyl adjacent to an activating group) is 1. The Morgan fingerprint density at radius 1 is 1.43 bits per heavy atom. The second-order valence-electron chi connectivity index (χ2n) is 6.06. The van der Waals surface area contributed by atoms with Crippen molar-refractivity contribution in [3.05, 3.63) is 35.4 Å². The molecule has 2 aliphatic rings. The van der Waals surface area contributed by atoms with Crippen LogP contribution < -0.4 is 5.32 Å². The van der Waals surface area contributed by atoms with E-state index in [2.05, 4.69) is 23.5 Å². The van der Waals surface area contributed by atoms with Crippen molar-refractivity contribution < 1.29 is 9.53 Å². The molecular formula is C17H24N2O2. The minimum atomic E-state index is 0.0245. The monoisotopic (exact) mass is 288 g/mol. The first-order valence-electron chi connectivity index (χ1n) is 7.91. The summed E-state index contributed by atoms with van der Waals surface area (Å²) >= 11 is 0. The van der Waals surface area contributed by atoms with Crippen LogP contribution >= 0.6 is 0 Å². The molecule has 1 fully saturated rings. The van der Waals surface area contributed by atoms with Crippen LogP contribution in [-0.2, 0) is 16.0 Å². The molecule has 2 atom stereocenters. The summed E-state index contributed by atoms with van der Waals surface area (Å²) in [5, 5.41) is 3.31. The van der Waals surface area contributed by atoms with Gasteiger partial charge in [0.1, 0.15) is 0 Å². The van der Waals surface area contributed by atoms with Gasteiger partial charge in [-0.3, -0.25) is 4.79 Å². The number of fused-ring (bicyclic) bond motifs is 1. The lowest BCUT2D eigenvalue weighted by Crippen LogP contribution is -2.46. The number of amides is 1. The molecule has 4 nitrogen and oxygen atoms in total. The van der Waals surface area contributed by atoms with Crippen molar-refractivity contribution >= 4 is 5.91 Å². The number of carbonyl (C=O) groups excluding carboxylic acids is 1. The van der Waals surface area contributed by atoms with Gasteiger partial charge in [-0.1, -0.05) is 24.3 Å². The zero-order chi connectivity index (χ0) is 14.7. The normalized spacial score (nSPS) is 25.2. The molecular weight excluding hydrogens is 264 g/mol. The van der Waals surface area contributed by atoms with Crippen LogP contribution in [0.25, 0.3) is 0 Å². The highest BCUT2D eigenvalue weighted by Gasteiger charge is 2.29. The summed E-state index contributed by atoms with van der Waals surface area (Å²) in [4.78, 5) is 14.6. The van der Waals surface area contributed by atoms with E-state index < -0.39 is 0 Å². The zero-order valence-electron chi connectivity index (χ0n) is 12.7. The van der Waals surface area contributed by atoms with Gasteiger partial charge < -0.3 is 15.0 Å². The van der Waals surface area contributed by atoms with E-state index in [1.54, 1.807) is 0 Å². The number of rotatable bonds is 3. The molecule has 1 saturated heterocycles. The molecule has 1 aromatic carbocycles. The number of hydrogen-bond donors (Lipinski definition) is 1. The second-order valence-corrected chi connectivity index (χ2v) is 6.06. The summed E-state index contributed by atoms with van der Waals surface area (Å²) in [7, 11) is 1.90. The number of benzene rings is 1. The van der Waals surface area contributed by atoms with E-state index in [0.29, 0.717) is 6.54 Å². The molecule has 1 aliphatic carbocycles. The van der Waals surface area contributed by atoms with Gasteiger partial charge in [0, 0.05) is 26.7 Å². The maximum Gasteiger partial charge on any atom is 0.229 e. The van der Waals surface area contributed by atoms with Crippen molar-refractivity contribution in [1.82, 2.24) is 10.2 Å². The third kappa shape index (κ3) is 3.27. The van der Waals surface area contributed by atoms with Gasteiger partial charge in [0.15, 0.2) is 0 Å². The standard InChI is InChI=1S/C17H24N2O2/c1-19(12-14-11-18-9-10-21-14)17(20)16-8-4-6-13-5-2-3-7-15(13)16/h2-3,5,7,14,16,18H,4,6,8-12H2,1H3. The van der Waals surface area contributed by atoms with Crippen molar-refractivity contribution in [2.75, 3.05) is 33.3 Å². The van der Waals surface area contributed by atoms with Crippen molar-refractivity contribution in [3.63, 3.8) is 0 Å². The number of nitrogens with zero attached hydrogens (tertiary/aromatic N) is 1. The highest BCUT2D eigenvalue weighted by molar-refractivity contribution is 5.84. The first-order valence-corrected chi connectivity index (χ1v) is 7.91. The van der Waals surface area contributed by atoms with Crippen LogP contribution in [0.2, 0.25) is 0 Å². The van der Waals surface area contributed by atoms with Gasteiger partial charge in [-0.25, -0.2) is 0 Å². The van der Waals surface area contributed by atoms with Crippen LogP contribution in [0.4, 0.5) is 0 Å². The third-order valence-corrected chi connectivity index (χ3v) is 4.53. The molecule has 4 heteroatoms. The quantitative estimate of drug-likeness (QED) is 0.917. The Labute approximate surface area is 126 Å². The maximum atomic E-state index is 12.8. The molecule has 0 bridgehead atoms. The Kier molecular flexibility index (Phi) is 4.56. The fourth-order valence-electron chi connectivity index (χ4n) is 3.41. The lowest BCUT2D eigenvalue weighted by Gasteiger charge is -2.32. The molecule has 1 amide bonds. The molecule has 1 aromatic rings. The third-order valence-electron chi connectivity index (χ3n) is 4.53. The highest BCUT2D eigenvalue weighted by atomic mass is 16.5. The molecule has 0 radical (unpaired) electrons. The van der Waals surface area contributed by atoms with Crippen LogP contribution in [0.3, 0.4) is 0 Å². The molecule has 1 heterocycles.